The van der Waals surface area contributed by atoms with Crippen LogP contribution in [0.1, 0.15) is 18.5 Å². The first-order valence-corrected chi connectivity index (χ1v) is 6.06. The first kappa shape index (κ1) is 13.0. The predicted molar refractivity (Wildman–Crippen MR) is 66.5 cm³/mol. The second kappa shape index (κ2) is 5.46. The second-order valence-electron chi connectivity index (χ2n) is 3.86. The van der Waals surface area contributed by atoms with E-state index in [2.05, 4.69) is 5.32 Å². The molecule has 1 heterocycles. The number of carboxylic acids is 1. The molecule has 0 saturated heterocycles. The smallest absolute Gasteiger partial charge is 0.325 e. The lowest BCUT2D eigenvalue weighted by Crippen LogP contribution is -2.28. The van der Waals surface area contributed by atoms with Gasteiger partial charge in [-0.1, -0.05) is 18.5 Å². The van der Waals surface area contributed by atoms with Crippen molar-refractivity contribution in [2.24, 2.45) is 0 Å². The molecule has 0 aliphatic carbocycles. The molecule has 6 heteroatoms. The molecule has 18 heavy (non-hydrogen) atoms. The Bertz CT molecular complexity index is 464. The van der Waals surface area contributed by atoms with E-state index < -0.39 is 12.0 Å². The van der Waals surface area contributed by atoms with E-state index in [1.807, 2.05) is 6.92 Å². The van der Waals surface area contributed by atoms with Crippen LogP contribution in [-0.2, 0) is 4.79 Å². The molecule has 2 rings (SSSR count). The molecule has 0 spiro atoms. The molecule has 0 amide bonds. The van der Waals surface area contributed by atoms with Gasteiger partial charge < -0.3 is 19.9 Å². The number of rotatable bonds is 4. The molecule has 1 atom stereocenters. The Morgan fingerprint density at radius 1 is 1.50 bits per heavy atom. The highest BCUT2D eigenvalue weighted by Crippen LogP contribution is 2.39. The molecule has 1 unspecified atom stereocenters. The van der Waals surface area contributed by atoms with Crippen LogP contribution in [0.25, 0.3) is 0 Å². The second-order valence-corrected chi connectivity index (χ2v) is 4.26. The summed E-state index contributed by atoms with van der Waals surface area (Å²) in [4.78, 5) is 11.2. The van der Waals surface area contributed by atoms with Gasteiger partial charge in [-0.25, -0.2) is 0 Å². The van der Waals surface area contributed by atoms with Gasteiger partial charge in [0.2, 0.25) is 0 Å². The number of ether oxygens (including phenoxy) is 2. The summed E-state index contributed by atoms with van der Waals surface area (Å²) in [7, 11) is 0. The van der Waals surface area contributed by atoms with Gasteiger partial charge in [0.25, 0.3) is 0 Å². The van der Waals surface area contributed by atoms with Crippen molar-refractivity contribution in [3.8, 4) is 11.5 Å². The van der Waals surface area contributed by atoms with Crippen LogP contribution in [0.15, 0.2) is 12.1 Å². The zero-order valence-corrected chi connectivity index (χ0v) is 10.7. The molecule has 0 fully saturated rings. The van der Waals surface area contributed by atoms with E-state index in [0.717, 1.165) is 0 Å². The minimum absolute atomic E-state index is 0.367. The minimum Gasteiger partial charge on any atom is -0.486 e. The van der Waals surface area contributed by atoms with Gasteiger partial charge in [0.15, 0.2) is 11.5 Å². The fourth-order valence-electron chi connectivity index (χ4n) is 1.85. The van der Waals surface area contributed by atoms with Gasteiger partial charge in [0, 0.05) is 0 Å². The summed E-state index contributed by atoms with van der Waals surface area (Å²) in [5, 5.41) is 12.4. The monoisotopic (exact) mass is 271 g/mol. The molecular formula is C12H14ClNO4. The van der Waals surface area contributed by atoms with Crippen LogP contribution in [0.4, 0.5) is 0 Å². The van der Waals surface area contributed by atoms with E-state index in [1.165, 1.54) is 0 Å². The van der Waals surface area contributed by atoms with Gasteiger partial charge in [-0.3, -0.25) is 4.79 Å². The largest absolute Gasteiger partial charge is 0.486 e. The number of halogens is 1. The van der Waals surface area contributed by atoms with Crippen molar-refractivity contribution in [2.45, 2.75) is 13.0 Å². The minimum atomic E-state index is -0.954. The highest BCUT2D eigenvalue weighted by atomic mass is 35.5. The molecule has 0 bridgehead atoms. The van der Waals surface area contributed by atoms with Crippen molar-refractivity contribution in [2.75, 3.05) is 19.8 Å². The van der Waals surface area contributed by atoms with Crippen LogP contribution < -0.4 is 14.8 Å². The Labute approximate surface area is 110 Å². The summed E-state index contributed by atoms with van der Waals surface area (Å²) in [5.74, 6) is 0.0183. The third-order valence-electron chi connectivity index (χ3n) is 2.61. The van der Waals surface area contributed by atoms with Crippen LogP contribution in [0.5, 0.6) is 11.5 Å². The number of benzene rings is 1. The van der Waals surface area contributed by atoms with Crippen LogP contribution in [0.3, 0.4) is 0 Å². The van der Waals surface area contributed by atoms with Crippen molar-refractivity contribution in [1.82, 2.24) is 5.32 Å². The molecule has 98 valence electrons. The number of fused-ring (bicyclic) bond motifs is 1. The van der Waals surface area contributed by atoms with Crippen molar-refractivity contribution in [1.29, 1.82) is 0 Å². The Kier molecular flexibility index (Phi) is 3.93. The molecule has 0 aromatic heterocycles. The van der Waals surface area contributed by atoms with Crippen LogP contribution in [-0.4, -0.2) is 30.8 Å². The van der Waals surface area contributed by atoms with Crippen molar-refractivity contribution >= 4 is 17.6 Å². The number of carbonyl (C=O) groups is 1. The predicted octanol–water partition coefficient (Wildman–Crippen LogP) is 1.85. The van der Waals surface area contributed by atoms with Crippen molar-refractivity contribution in [3.63, 3.8) is 0 Å². The van der Waals surface area contributed by atoms with E-state index in [-0.39, 0.29) is 0 Å². The van der Waals surface area contributed by atoms with Gasteiger partial charge in [-0.15, -0.1) is 0 Å². The lowest BCUT2D eigenvalue weighted by Gasteiger charge is -2.22. The fourth-order valence-corrected chi connectivity index (χ4v) is 2.12. The Balaban J connectivity index is 2.38. The third-order valence-corrected chi connectivity index (χ3v) is 2.89. The molecule has 1 aliphatic heterocycles. The molecule has 1 aromatic rings. The van der Waals surface area contributed by atoms with Crippen LogP contribution in [0.2, 0.25) is 5.02 Å². The maximum absolute atomic E-state index is 11.2. The summed E-state index contributed by atoms with van der Waals surface area (Å²) in [6.45, 7) is 3.27. The SMILES string of the molecule is CCNC(C(=O)O)c1cc(Cl)c2c(c1)OCCO2. The Hall–Kier alpha value is -1.46. The average molecular weight is 272 g/mol. The van der Waals surface area contributed by atoms with E-state index in [0.29, 0.717) is 41.8 Å². The third kappa shape index (κ3) is 2.52. The van der Waals surface area contributed by atoms with E-state index in [1.54, 1.807) is 12.1 Å². The molecule has 1 aromatic carbocycles. The fraction of sp³-hybridized carbons (Fsp3) is 0.417. The standard InChI is InChI=1S/C12H14ClNO4/c1-2-14-10(12(15)16)7-5-8(13)11-9(6-7)17-3-4-18-11/h5-6,10,14H,2-4H2,1H3,(H,15,16). The number of hydrogen-bond acceptors (Lipinski definition) is 4. The van der Waals surface area contributed by atoms with E-state index in [9.17, 15) is 9.90 Å². The van der Waals surface area contributed by atoms with Gasteiger partial charge in [-0.2, -0.15) is 0 Å². The van der Waals surface area contributed by atoms with E-state index >= 15 is 0 Å². The normalized spacial score (nSPS) is 15.2. The topological polar surface area (TPSA) is 67.8 Å². The number of hydrogen-bond donors (Lipinski definition) is 2. The molecule has 1 aliphatic rings. The maximum Gasteiger partial charge on any atom is 0.325 e. The molecule has 5 nitrogen and oxygen atoms in total. The number of nitrogens with one attached hydrogen (secondary N) is 1. The van der Waals surface area contributed by atoms with Crippen LogP contribution >= 0.6 is 11.6 Å². The molecular weight excluding hydrogens is 258 g/mol. The quantitative estimate of drug-likeness (QED) is 0.875. The number of aliphatic carboxylic acids is 1. The summed E-state index contributed by atoms with van der Waals surface area (Å²) in [6.07, 6.45) is 0. The molecule has 0 saturated carbocycles. The van der Waals surface area contributed by atoms with E-state index in [4.69, 9.17) is 21.1 Å². The summed E-state index contributed by atoms with van der Waals surface area (Å²) in [6, 6.07) is 2.45. The summed E-state index contributed by atoms with van der Waals surface area (Å²) in [5.41, 5.74) is 0.554. The van der Waals surface area contributed by atoms with Crippen molar-refractivity contribution in [3.05, 3.63) is 22.7 Å². The molecule has 2 N–H and O–H groups in total. The Morgan fingerprint density at radius 2 is 2.22 bits per heavy atom. The average Bonchev–Trinajstić information content (AvgIpc) is 2.35. The summed E-state index contributed by atoms with van der Waals surface area (Å²) >= 11 is 6.07. The Morgan fingerprint density at radius 3 is 2.89 bits per heavy atom. The number of carboxylic acid groups (broad SMARTS) is 1. The lowest BCUT2D eigenvalue weighted by atomic mass is 10.1. The van der Waals surface area contributed by atoms with Gasteiger partial charge in [-0.05, 0) is 24.2 Å². The summed E-state index contributed by atoms with van der Waals surface area (Å²) < 4.78 is 10.8. The zero-order chi connectivity index (χ0) is 13.1. The highest BCUT2D eigenvalue weighted by molar-refractivity contribution is 6.32. The molecule has 0 radical (unpaired) electrons. The van der Waals surface area contributed by atoms with Gasteiger partial charge in [0.05, 0.1) is 5.02 Å². The first-order valence-electron chi connectivity index (χ1n) is 5.68. The maximum atomic E-state index is 11.2. The highest BCUT2D eigenvalue weighted by Gasteiger charge is 2.23. The number of likely N-dealkylation sites (N-methyl/N-ethyl adjacent to an activating group) is 1. The van der Waals surface area contributed by atoms with Crippen LogP contribution in [0, 0.1) is 0 Å². The van der Waals surface area contributed by atoms with Gasteiger partial charge >= 0.3 is 5.97 Å². The van der Waals surface area contributed by atoms with Gasteiger partial charge in [0.1, 0.15) is 19.3 Å². The zero-order valence-electron chi connectivity index (χ0n) is 9.90. The van der Waals surface area contributed by atoms with Crippen molar-refractivity contribution < 1.29 is 19.4 Å². The lowest BCUT2D eigenvalue weighted by molar-refractivity contribution is -0.139. The first-order chi connectivity index (χ1) is 8.63.